The minimum Gasteiger partial charge on any atom is -0.355 e. The van der Waals surface area contributed by atoms with Crippen molar-refractivity contribution in [1.29, 1.82) is 0 Å². The Labute approximate surface area is 211 Å². The normalized spacial score (nSPS) is 20.9. The number of carbonyl (C=O) groups excluding carboxylic acids is 2. The van der Waals surface area contributed by atoms with Gasteiger partial charge < -0.3 is 20.1 Å². The number of likely N-dealkylation sites (tertiary alicyclic amines) is 1. The van der Waals surface area contributed by atoms with E-state index in [1.807, 2.05) is 32.0 Å². The number of anilines is 1. The Bertz CT molecular complexity index is 1110. The molecule has 0 unspecified atom stereocenters. The number of benzene rings is 1. The summed E-state index contributed by atoms with van der Waals surface area (Å²) in [6.07, 6.45) is 1.38. The summed E-state index contributed by atoms with van der Waals surface area (Å²) < 4.78 is 11.7. The number of nitrogens with zero attached hydrogens (tertiary/aromatic N) is 2. The van der Waals surface area contributed by atoms with E-state index in [0.29, 0.717) is 31.9 Å². The fourth-order valence-corrected chi connectivity index (χ4v) is 5.11. The molecule has 2 aromatic rings. The van der Waals surface area contributed by atoms with Crippen LogP contribution in [0.5, 0.6) is 0 Å². The first-order valence-electron chi connectivity index (χ1n) is 11.9. The second-order valence-corrected chi connectivity index (χ2v) is 10.4. The van der Waals surface area contributed by atoms with Crippen LogP contribution in [0.4, 0.5) is 5.69 Å². The lowest BCUT2D eigenvalue weighted by atomic mass is 9.69. The molecule has 0 spiro atoms. The molecular weight excluding hydrogens is 468 g/mol. The van der Waals surface area contributed by atoms with Crippen LogP contribution in [0.3, 0.4) is 0 Å². The van der Waals surface area contributed by atoms with Gasteiger partial charge in [-0.05, 0) is 37.0 Å². The molecule has 2 saturated heterocycles. The highest BCUT2D eigenvalue weighted by Gasteiger charge is 2.52. The lowest BCUT2D eigenvalue weighted by molar-refractivity contribution is -0.145. The van der Waals surface area contributed by atoms with Gasteiger partial charge in [0.05, 0.1) is 35.6 Å². The van der Waals surface area contributed by atoms with Crippen LogP contribution >= 0.6 is 11.6 Å². The quantitative estimate of drug-likeness (QED) is 0.565. The highest BCUT2D eigenvalue weighted by Crippen LogP contribution is 2.40. The summed E-state index contributed by atoms with van der Waals surface area (Å²) in [5.41, 5.74) is 1.94. The Morgan fingerprint density at radius 2 is 1.97 bits per heavy atom. The van der Waals surface area contributed by atoms with Crippen molar-refractivity contribution in [3.8, 4) is 0 Å². The maximum atomic E-state index is 13.9. The minimum atomic E-state index is -0.782. The number of carbonyl (C=O) groups is 2. The van der Waals surface area contributed by atoms with Crippen LogP contribution < -0.4 is 10.6 Å². The molecule has 9 heteroatoms. The van der Waals surface area contributed by atoms with Crippen LogP contribution in [0.2, 0.25) is 5.15 Å². The molecule has 4 rings (SSSR count). The van der Waals surface area contributed by atoms with Crippen LogP contribution in [0.1, 0.15) is 55.1 Å². The molecule has 188 valence electrons. The van der Waals surface area contributed by atoms with Crippen molar-refractivity contribution in [3.05, 3.63) is 58.4 Å². The molecule has 2 amide bonds. The third kappa shape index (κ3) is 5.21. The number of halogens is 1. The van der Waals surface area contributed by atoms with E-state index in [2.05, 4.69) is 40.4 Å². The number of pyridine rings is 1. The Hall–Kier alpha value is -2.52. The number of aromatic nitrogens is 1. The molecule has 0 aliphatic carbocycles. The maximum Gasteiger partial charge on any atom is 0.253 e. The van der Waals surface area contributed by atoms with Gasteiger partial charge in [-0.2, -0.15) is 0 Å². The number of rotatable bonds is 7. The van der Waals surface area contributed by atoms with Gasteiger partial charge in [0.1, 0.15) is 5.15 Å². The van der Waals surface area contributed by atoms with Gasteiger partial charge in [0, 0.05) is 26.7 Å². The van der Waals surface area contributed by atoms with E-state index in [4.69, 9.17) is 21.1 Å². The predicted molar refractivity (Wildman–Crippen MR) is 135 cm³/mol. The van der Waals surface area contributed by atoms with Crippen molar-refractivity contribution in [2.24, 2.45) is 0 Å². The van der Waals surface area contributed by atoms with Crippen LogP contribution in [0.15, 0.2) is 36.5 Å². The molecular formula is C26H33ClN4O4. The van der Waals surface area contributed by atoms with Gasteiger partial charge in [0.25, 0.3) is 5.91 Å². The predicted octanol–water partition coefficient (Wildman–Crippen LogP) is 3.56. The zero-order valence-electron chi connectivity index (χ0n) is 20.9. The largest absolute Gasteiger partial charge is 0.355 e. The molecule has 3 heterocycles. The van der Waals surface area contributed by atoms with Crippen LogP contribution in [-0.2, 0) is 19.7 Å². The summed E-state index contributed by atoms with van der Waals surface area (Å²) >= 11 is 6.02. The van der Waals surface area contributed by atoms with Crippen molar-refractivity contribution in [3.63, 3.8) is 0 Å². The summed E-state index contributed by atoms with van der Waals surface area (Å²) in [5, 5.41) is 5.75. The van der Waals surface area contributed by atoms with Crippen molar-refractivity contribution in [2.75, 3.05) is 38.6 Å². The van der Waals surface area contributed by atoms with Gasteiger partial charge in [0.2, 0.25) is 5.91 Å². The second kappa shape index (κ2) is 9.85. The molecule has 35 heavy (non-hydrogen) atoms. The summed E-state index contributed by atoms with van der Waals surface area (Å²) in [5.74, 6) is -0.875. The van der Waals surface area contributed by atoms with Crippen LogP contribution in [0, 0.1) is 0 Å². The number of ether oxygens (including phenoxy) is 2. The van der Waals surface area contributed by atoms with Crippen molar-refractivity contribution in [1.82, 2.24) is 15.2 Å². The molecule has 1 aromatic carbocycles. The standard InChI is InChI=1S/C26H33ClN4O4/c1-16(2)18-8-6-7-9-20(18)26(14-31(15-26)12-17-13-34-25(3,4)35-17)24(33)30-21-11-29-22(27)10-19(21)23(32)28-5/h6-11,16-17H,12-15H2,1-5H3,(H,28,32)(H,30,33)/t17-/m1/s1. The summed E-state index contributed by atoms with van der Waals surface area (Å²) in [4.78, 5) is 32.7. The Morgan fingerprint density at radius 3 is 2.60 bits per heavy atom. The van der Waals surface area contributed by atoms with E-state index >= 15 is 0 Å². The van der Waals surface area contributed by atoms with Gasteiger partial charge in [-0.25, -0.2) is 4.98 Å². The summed E-state index contributed by atoms with van der Waals surface area (Å²) in [6.45, 7) is 10.3. The summed E-state index contributed by atoms with van der Waals surface area (Å²) in [6, 6.07) is 9.53. The Morgan fingerprint density at radius 1 is 1.26 bits per heavy atom. The van der Waals surface area contributed by atoms with E-state index in [1.54, 1.807) is 0 Å². The third-order valence-corrected chi connectivity index (χ3v) is 6.85. The number of amides is 2. The lowest BCUT2D eigenvalue weighted by Gasteiger charge is -2.50. The van der Waals surface area contributed by atoms with Crippen LogP contribution in [0.25, 0.3) is 0 Å². The maximum absolute atomic E-state index is 13.9. The van der Waals surface area contributed by atoms with Crippen LogP contribution in [-0.4, -0.2) is 66.9 Å². The van der Waals surface area contributed by atoms with E-state index in [1.165, 1.54) is 19.3 Å². The van der Waals surface area contributed by atoms with Crippen molar-refractivity contribution >= 4 is 29.1 Å². The van der Waals surface area contributed by atoms with Gasteiger partial charge in [-0.1, -0.05) is 49.7 Å². The van der Waals surface area contributed by atoms with Crippen molar-refractivity contribution in [2.45, 2.75) is 50.9 Å². The monoisotopic (exact) mass is 500 g/mol. The van der Waals surface area contributed by atoms with E-state index in [9.17, 15) is 9.59 Å². The van der Waals surface area contributed by atoms with Gasteiger partial charge >= 0.3 is 0 Å². The molecule has 0 saturated carbocycles. The Balaban J connectivity index is 1.63. The zero-order valence-corrected chi connectivity index (χ0v) is 21.6. The minimum absolute atomic E-state index is 0.0493. The smallest absolute Gasteiger partial charge is 0.253 e. The first-order chi connectivity index (χ1) is 16.5. The van der Waals surface area contributed by atoms with Crippen molar-refractivity contribution < 1.29 is 19.1 Å². The molecule has 2 fully saturated rings. The van der Waals surface area contributed by atoms with E-state index in [0.717, 1.165) is 11.1 Å². The molecule has 8 nitrogen and oxygen atoms in total. The summed E-state index contributed by atoms with van der Waals surface area (Å²) in [7, 11) is 1.53. The molecule has 0 bridgehead atoms. The number of hydrogen-bond acceptors (Lipinski definition) is 6. The molecule has 1 atom stereocenters. The first kappa shape index (κ1) is 25.6. The van der Waals surface area contributed by atoms with Gasteiger partial charge in [-0.3, -0.25) is 14.5 Å². The highest BCUT2D eigenvalue weighted by atomic mass is 35.5. The lowest BCUT2D eigenvalue weighted by Crippen LogP contribution is -2.66. The topological polar surface area (TPSA) is 92.8 Å². The second-order valence-electron chi connectivity index (χ2n) is 10.0. The number of hydrogen-bond donors (Lipinski definition) is 2. The average molecular weight is 501 g/mol. The Kier molecular flexibility index (Phi) is 7.20. The van der Waals surface area contributed by atoms with E-state index in [-0.39, 0.29) is 34.6 Å². The molecule has 0 radical (unpaired) electrons. The third-order valence-electron chi connectivity index (χ3n) is 6.64. The van der Waals surface area contributed by atoms with Gasteiger partial charge in [0.15, 0.2) is 5.79 Å². The molecule has 1 aromatic heterocycles. The van der Waals surface area contributed by atoms with Gasteiger partial charge in [-0.15, -0.1) is 0 Å². The average Bonchev–Trinajstić information content (AvgIpc) is 3.14. The number of nitrogens with one attached hydrogen (secondary N) is 2. The SMILES string of the molecule is CNC(=O)c1cc(Cl)ncc1NC(=O)C1(c2ccccc2C(C)C)CN(C[C@@H]2COC(C)(C)O2)C1. The van der Waals surface area contributed by atoms with E-state index < -0.39 is 11.2 Å². The molecule has 2 aliphatic heterocycles. The first-order valence-corrected chi connectivity index (χ1v) is 12.2. The molecule has 2 N–H and O–H groups in total. The fraction of sp³-hybridized carbons (Fsp3) is 0.500. The molecule has 2 aliphatic rings. The highest BCUT2D eigenvalue weighted by molar-refractivity contribution is 6.30. The zero-order chi connectivity index (χ0) is 25.4. The fourth-order valence-electron chi connectivity index (χ4n) is 4.95.